The summed E-state index contributed by atoms with van der Waals surface area (Å²) in [4.78, 5) is -0.0814. The summed E-state index contributed by atoms with van der Waals surface area (Å²) >= 11 is 0. The van der Waals surface area contributed by atoms with Crippen molar-refractivity contribution in [3.8, 4) is 0 Å². The molecule has 0 bridgehead atoms. The molecular weight excluding hydrogens is 276 g/mol. The van der Waals surface area contributed by atoms with Crippen LogP contribution in [0.4, 0.5) is 0 Å². The summed E-state index contributed by atoms with van der Waals surface area (Å²) in [5.74, 6) is 0. The van der Waals surface area contributed by atoms with Crippen molar-refractivity contribution < 1.29 is 16.8 Å². The molecular formula is C10H14N2O4S2. The highest BCUT2D eigenvalue weighted by atomic mass is 32.2. The molecule has 0 amide bonds. The second-order valence-electron chi connectivity index (χ2n) is 4.68. The van der Waals surface area contributed by atoms with Crippen molar-refractivity contribution >= 4 is 20.0 Å². The van der Waals surface area contributed by atoms with Crippen LogP contribution < -0.4 is 9.86 Å². The van der Waals surface area contributed by atoms with Crippen molar-refractivity contribution in [3.05, 3.63) is 24.3 Å². The maximum Gasteiger partial charge on any atom is 0.241 e. The topological polar surface area (TPSA) is 106 Å². The van der Waals surface area contributed by atoms with E-state index in [0.29, 0.717) is 0 Å². The quantitative estimate of drug-likeness (QED) is 0.824. The van der Waals surface area contributed by atoms with Gasteiger partial charge in [-0.1, -0.05) is 0 Å². The van der Waals surface area contributed by atoms with Crippen LogP contribution in [-0.4, -0.2) is 22.4 Å². The lowest BCUT2D eigenvalue weighted by molar-refractivity contribution is 0.557. The average molecular weight is 290 g/mol. The molecule has 1 aromatic carbocycles. The molecule has 1 saturated carbocycles. The van der Waals surface area contributed by atoms with Gasteiger partial charge in [0, 0.05) is 5.54 Å². The smallest absolute Gasteiger partial charge is 0.225 e. The molecule has 0 saturated heterocycles. The Balaban J connectivity index is 2.29. The van der Waals surface area contributed by atoms with Gasteiger partial charge in [0.25, 0.3) is 0 Å². The summed E-state index contributed by atoms with van der Waals surface area (Å²) in [7, 11) is -7.41. The molecule has 0 spiro atoms. The lowest BCUT2D eigenvalue weighted by atomic mass is 10.4. The van der Waals surface area contributed by atoms with Gasteiger partial charge in [-0.2, -0.15) is 0 Å². The van der Waals surface area contributed by atoms with E-state index in [1.54, 1.807) is 0 Å². The van der Waals surface area contributed by atoms with Gasteiger partial charge in [0.15, 0.2) is 0 Å². The van der Waals surface area contributed by atoms with Crippen molar-refractivity contribution in [2.45, 2.75) is 35.1 Å². The normalized spacial score (nSPS) is 18.6. The molecule has 3 N–H and O–H groups in total. The van der Waals surface area contributed by atoms with Crippen molar-refractivity contribution in [2.75, 3.05) is 0 Å². The van der Waals surface area contributed by atoms with Gasteiger partial charge in [-0.15, -0.1) is 0 Å². The highest BCUT2D eigenvalue weighted by Crippen LogP contribution is 2.35. The van der Waals surface area contributed by atoms with Crippen molar-refractivity contribution in [2.24, 2.45) is 5.14 Å². The fourth-order valence-electron chi connectivity index (χ4n) is 1.48. The molecule has 0 heterocycles. The molecule has 0 aromatic heterocycles. The van der Waals surface area contributed by atoms with E-state index in [1.807, 2.05) is 6.92 Å². The fraction of sp³-hybridized carbons (Fsp3) is 0.400. The molecule has 1 fully saturated rings. The minimum Gasteiger partial charge on any atom is -0.225 e. The Hall–Kier alpha value is -0.960. The summed E-state index contributed by atoms with van der Waals surface area (Å²) in [6.07, 6.45) is 1.61. The minimum atomic E-state index is -3.80. The molecule has 1 aliphatic rings. The van der Waals surface area contributed by atoms with Crippen LogP contribution in [0.2, 0.25) is 0 Å². The number of hydrogen-bond donors (Lipinski definition) is 2. The number of rotatable bonds is 4. The lowest BCUT2D eigenvalue weighted by Gasteiger charge is -2.12. The Kier molecular flexibility index (Phi) is 3.01. The van der Waals surface area contributed by atoms with E-state index < -0.39 is 20.0 Å². The molecule has 1 aromatic rings. The number of primary sulfonamides is 1. The summed E-state index contributed by atoms with van der Waals surface area (Å²) < 4.78 is 48.6. The van der Waals surface area contributed by atoms with Crippen LogP contribution >= 0.6 is 0 Å². The fourth-order valence-corrected chi connectivity index (χ4v) is 3.46. The summed E-state index contributed by atoms with van der Waals surface area (Å²) in [5, 5.41) is 4.93. The largest absolute Gasteiger partial charge is 0.241 e. The molecule has 0 unspecified atom stereocenters. The SMILES string of the molecule is CC1(NS(=O)(=O)c2ccc(S(N)(=O)=O)cc2)CC1. The van der Waals surface area contributed by atoms with Gasteiger partial charge >= 0.3 is 0 Å². The number of sulfonamides is 2. The zero-order valence-electron chi connectivity index (χ0n) is 9.75. The average Bonchev–Trinajstić information content (AvgIpc) is 2.94. The molecule has 0 atom stereocenters. The van der Waals surface area contributed by atoms with Crippen LogP contribution in [-0.2, 0) is 20.0 Å². The van der Waals surface area contributed by atoms with Crippen LogP contribution in [0.15, 0.2) is 34.1 Å². The third kappa shape index (κ3) is 2.89. The van der Waals surface area contributed by atoms with Gasteiger partial charge in [0.1, 0.15) is 0 Å². The van der Waals surface area contributed by atoms with E-state index in [1.165, 1.54) is 24.3 Å². The Morgan fingerprint density at radius 3 is 1.89 bits per heavy atom. The van der Waals surface area contributed by atoms with Crippen molar-refractivity contribution in [3.63, 3.8) is 0 Å². The predicted octanol–water partition coefficient (Wildman–Crippen LogP) is 0.165. The third-order valence-corrected chi connectivity index (χ3v) is 5.43. The summed E-state index contributed by atoms with van der Waals surface area (Å²) in [6.45, 7) is 1.82. The zero-order chi connectivity index (χ0) is 13.6. The second-order valence-corrected chi connectivity index (χ2v) is 7.93. The van der Waals surface area contributed by atoms with Crippen LogP contribution in [0.1, 0.15) is 19.8 Å². The van der Waals surface area contributed by atoms with E-state index in [9.17, 15) is 16.8 Å². The minimum absolute atomic E-state index is 0.0306. The summed E-state index contributed by atoms with van der Waals surface area (Å²) in [5.41, 5.74) is -0.364. The first-order valence-electron chi connectivity index (χ1n) is 5.29. The van der Waals surface area contributed by atoms with E-state index in [4.69, 9.17) is 5.14 Å². The molecule has 2 rings (SSSR count). The molecule has 18 heavy (non-hydrogen) atoms. The second kappa shape index (κ2) is 4.02. The highest BCUT2D eigenvalue weighted by molar-refractivity contribution is 7.89. The molecule has 100 valence electrons. The van der Waals surface area contributed by atoms with Crippen LogP contribution in [0, 0.1) is 0 Å². The number of nitrogens with two attached hydrogens (primary N) is 1. The highest BCUT2D eigenvalue weighted by Gasteiger charge is 2.41. The van der Waals surface area contributed by atoms with E-state index in [-0.39, 0.29) is 15.3 Å². The lowest BCUT2D eigenvalue weighted by Crippen LogP contribution is -2.34. The van der Waals surface area contributed by atoms with Gasteiger partial charge in [0.2, 0.25) is 20.0 Å². The van der Waals surface area contributed by atoms with Crippen LogP contribution in [0.25, 0.3) is 0 Å². The first-order chi connectivity index (χ1) is 8.12. The van der Waals surface area contributed by atoms with Crippen LogP contribution in [0.3, 0.4) is 0 Å². The maximum atomic E-state index is 12.0. The maximum absolute atomic E-state index is 12.0. The number of benzene rings is 1. The molecule has 8 heteroatoms. The standard InChI is InChI=1S/C10H14N2O4S2/c1-10(6-7-10)12-18(15,16)9-4-2-8(3-5-9)17(11,13)14/h2-5,12H,6-7H2,1H3,(H2,11,13,14). The van der Waals surface area contributed by atoms with Crippen molar-refractivity contribution in [1.82, 2.24) is 4.72 Å². The molecule has 1 aliphatic carbocycles. The predicted molar refractivity (Wildman–Crippen MR) is 65.8 cm³/mol. The van der Waals surface area contributed by atoms with Gasteiger partial charge < -0.3 is 0 Å². The Labute approximate surface area is 106 Å². The number of hydrogen-bond acceptors (Lipinski definition) is 4. The molecule has 0 radical (unpaired) electrons. The van der Waals surface area contributed by atoms with Gasteiger partial charge in [0.05, 0.1) is 9.79 Å². The van der Waals surface area contributed by atoms with Gasteiger partial charge in [-0.05, 0) is 44.0 Å². The number of nitrogens with one attached hydrogen (secondary N) is 1. The Morgan fingerprint density at radius 1 is 1.06 bits per heavy atom. The van der Waals surface area contributed by atoms with Gasteiger partial charge in [-0.25, -0.2) is 26.7 Å². The first-order valence-corrected chi connectivity index (χ1v) is 8.32. The first kappa shape index (κ1) is 13.5. The van der Waals surface area contributed by atoms with Gasteiger partial charge in [-0.3, -0.25) is 0 Å². The Bertz CT molecular complexity index is 658. The monoisotopic (exact) mass is 290 g/mol. The molecule has 6 nitrogen and oxygen atoms in total. The summed E-state index contributed by atoms with van der Waals surface area (Å²) in [6, 6.07) is 4.82. The molecule has 0 aliphatic heterocycles. The van der Waals surface area contributed by atoms with Crippen LogP contribution in [0.5, 0.6) is 0 Å². The van der Waals surface area contributed by atoms with E-state index >= 15 is 0 Å². The van der Waals surface area contributed by atoms with Crippen molar-refractivity contribution in [1.29, 1.82) is 0 Å². The Morgan fingerprint density at radius 2 is 1.50 bits per heavy atom. The zero-order valence-corrected chi connectivity index (χ0v) is 11.4. The third-order valence-electron chi connectivity index (χ3n) is 2.84. The van der Waals surface area contributed by atoms with E-state index in [0.717, 1.165) is 12.8 Å². The van der Waals surface area contributed by atoms with E-state index in [2.05, 4.69) is 4.72 Å².